The van der Waals surface area contributed by atoms with Crippen molar-refractivity contribution < 1.29 is 14.6 Å². The lowest BCUT2D eigenvalue weighted by Gasteiger charge is -2.41. The van der Waals surface area contributed by atoms with Crippen molar-refractivity contribution in [3.8, 4) is 0 Å². The lowest BCUT2D eigenvalue weighted by Crippen LogP contribution is -2.51. The third-order valence-electron chi connectivity index (χ3n) is 5.00. The van der Waals surface area contributed by atoms with Gasteiger partial charge in [0.15, 0.2) is 0 Å². The van der Waals surface area contributed by atoms with Crippen molar-refractivity contribution >= 4 is 5.91 Å². The molecule has 1 aromatic rings. The van der Waals surface area contributed by atoms with Gasteiger partial charge in [-0.2, -0.15) is 0 Å². The molecule has 2 aliphatic rings. The summed E-state index contributed by atoms with van der Waals surface area (Å²) in [5.41, 5.74) is 2.23. The highest BCUT2D eigenvalue weighted by molar-refractivity contribution is 5.77. The zero-order valence-corrected chi connectivity index (χ0v) is 13.4. The highest BCUT2D eigenvalue weighted by atomic mass is 16.5. The largest absolute Gasteiger partial charge is 0.392 e. The number of aliphatic hydroxyl groups excluding tert-OH is 1. The fourth-order valence-corrected chi connectivity index (χ4v) is 3.51. The van der Waals surface area contributed by atoms with Crippen molar-refractivity contribution in [1.82, 2.24) is 4.90 Å². The third-order valence-corrected chi connectivity index (χ3v) is 5.00. The number of fused-ring (bicyclic) bond motifs is 2. The molecule has 2 unspecified atom stereocenters. The van der Waals surface area contributed by atoms with Crippen molar-refractivity contribution in [3.63, 3.8) is 0 Å². The van der Waals surface area contributed by atoms with Crippen LogP contribution in [0.2, 0.25) is 0 Å². The Morgan fingerprint density at radius 2 is 2.18 bits per heavy atom. The number of rotatable bonds is 3. The minimum atomic E-state index is -0.567. The molecule has 1 saturated heterocycles. The van der Waals surface area contributed by atoms with Crippen molar-refractivity contribution in [2.45, 2.75) is 44.8 Å². The van der Waals surface area contributed by atoms with Crippen LogP contribution >= 0.6 is 0 Å². The lowest BCUT2D eigenvalue weighted by atomic mass is 9.93. The molecule has 120 valence electrons. The highest BCUT2D eigenvalue weighted by Crippen LogP contribution is 2.42. The number of hydrogen-bond acceptors (Lipinski definition) is 3. The number of hydrogen-bond donors (Lipinski definition) is 1. The molecular formula is C18H25NO3. The maximum atomic E-state index is 12.5. The number of nitrogens with zero attached hydrogens (tertiary/aromatic N) is 1. The summed E-state index contributed by atoms with van der Waals surface area (Å²) in [6.45, 7) is 5.66. The lowest BCUT2D eigenvalue weighted by molar-refractivity contribution is -0.154. The van der Waals surface area contributed by atoms with Crippen LogP contribution in [0.5, 0.6) is 0 Å². The number of aliphatic hydroxyl groups is 1. The van der Waals surface area contributed by atoms with Crippen molar-refractivity contribution in [3.05, 3.63) is 35.4 Å². The highest BCUT2D eigenvalue weighted by Gasteiger charge is 2.44. The van der Waals surface area contributed by atoms with E-state index in [1.165, 1.54) is 11.1 Å². The first kappa shape index (κ1) is 15.5. The van der Waals surface area contributed by atoms with Crippen LogP contribution in [0.4, 0.5) is 0 Å². The summed E-state index contributed by atoms with van der Waals surface area (Å²) in [6, 6.07) is 8.37. The summed E-state index contributed by atoms with van der Waals surface area (Å²) >= 11 is 0. The van der Waals surface area contributed by atoms with Crippen molar-refractivity contribution in [1.29, 1.82) is 0 Å². The van der Waals surface area contributed by atoms with Crippen LogP contribution in [0.1, 0.15) is 37.8 Å². The zero-order chi connectivity index (χ0) is 15.7. The van der Waals surface area contributed by atoms with E-state index in [2.05, 4.69) is 18.2 Å². The molecule has 0 radical (unpaired) electrons. The first-order valence-corrected chi connectivity index (χ1v) is 8.20. The number of carbonyl (C=O) groups is 1. The molecule has 0 bridgehead atoms. The smallest absolute Gasteiger partial charge is 0.225 e. The Kier molecular flexibility index (Phi) is 4.24. The summed E-state index contributed by atoms with van der Waals surface area (Å²) < 4.78 is 6.13. The number of carbonyl (C=O) groups excluding carboxylic acids is 1. The van der Waals surface area contributed by atoms with E-state index in [0.29, 0.717) is 19.7 Å². The van der Waals surface area contributed by atoms with E-state index in [9.17, 15) is 9.90 Å². The molecule has 4 heteroatoms. The average Bonchev–Trinajstić information content (AvgIpc) is 2.86. The van der Waals surface area contributed by atoms with Crippen LogP contribution in [0, 0.1) is 5.92 Å². The Hall–Kier alpha value is -1.39. The topological polar surface area (TPSA) is 49.8 Å². The van der Waals surface area contributed by atoms with E-state index in [-0.39, 0.29) is 23.8 Å². The van der Waals surface area contributed by atoms with Gasteiger partial charge in [-0.05, 0) is 29.9 Å². The predicted molar refractivity (Wildman–Crippen MR) is 84.4 cm³/mol. The summed E-state index contributed by atoms with van der Waals surface area (Å²) in [7, 11) is 0. The van der Waals surface area contributed by atoms with E-state index in [0.717, 1.165) is 12.8 Å². The Morgan fingerprint density at radius 3 is 2.95 bits per heavy atom. The Bertz CT molecular complexity index is 553. The molecule has 1 aliphatic heterocycles. The quantitative estimate of drug-likeness (QED) is 0.930. The fourth-order valence-electron chi connectivity index (χ4n) is 3.51. The summed E-state index contributed by atoms with van der Waals surface area (Å²) in [6.07, 6.45) is 1.58. The van der Waals surface area contributed by atoms with Gasteiger partial charge in [-0.1, -0.05) is 38.1 Å². The van der Waals surface area contributed by atoms with Gasteiger partial charge in [-0.25, -0.2) is 0 Å². The standard InChI is InChI=1S/C18H25NO3/c1-13(2)16(20)11-17(21)19-9-10-22-18(12-19)8-7-14-5-3-4-6-15(14)18/h3-6,13,16,20H,7-12H2,1-2H3. The molecule has 1 amide bonds. The SMILES string of the molecule is CC(C)C(O)CC(=O)N1CCOC2(CCc3ccccc32)C1. The van der Waals surface area contributed by atoms with Crippen LogP contribution in [-0.2, 0) is 21.6 Å². The second-order valence-electron chi connectivity index (χ2n) is 6.83. The first-order valence-electron chi connectivity index (χ1n) is 8.20. The second-order valence-corrected chi connectivity index (χ2v) is 6.83. The Morgan fingerprint density at radius 1 is 1.41 bits per heavy atom. The molecule has 4 nitrogen and oxygen atoms in total. The van der Waals surface area contributed by atoms with E-state index in [4.69, 9.17) is 4.74 Å². The van der Waals surface area contributed by atoms with Gasteiger partial charge >= 0.3 is 0 Å². The monoisotopic (exact) mass is 303 g/mol. The van der Waals surface area contributed by atoms with Crippen LogP contribution < -0.4 is 0 Å². The molecule has 2 atom stereocenters. The van der Waals surface area contributed by atoms with Crippen LogP contribution in [0.25, 0.3) is 0 Å². The van der Waals surface area contributed by atoms with Gasteiger partial charge in [0.05, 0.1) is 25.7 Å². The first-order chi connectivity index (χ1) is 10.5. The van der Waals surface area contributed by atoms with E-state index in [1.807, 2.05) is 24.8 Å². The molecule has 0 saturated carbocycles. The van der Waals surface area contributed by atoms with Gasteiger partial charge in [0.1, 0.15) is 5.60 Å². The van der Waals surface area contributed by atoms with Crippen molar-refractivity contribution in [2.75, 3.05) is 19.7 Å². The molecule has 22 heavy (non-hydrogen) atoms. The van der Waals surface area contributed by atoms with E-state index >= 15 is 0 Å². The molecule has 3 rings (SSSR count). The number of morpholine rings is 1. The van der Waals surface area contributed by atoms with Crippen molar-refractivity contribution in [2.24, 2.45) is 5.92 Å². The predicted octanol–water partition coefficient (Wildman–Crippen LogP) is 2.09. The van der Waals surface area contributed by atoms with Gasteiger partial charge in [0.2, 0.25) is 5.91 Å². The minimum absolute atomic E-state index is 0.0354. The minimum Gasteiger partial charge on any atom is -0.392 e. The Balaban J connectivity index is 1.74. The number of amides is 1. The molecule has 0 aromatic heterocycles. The molecule has 1 aliphatic carbocycles. The number of aryl methyl sites for hydroxylation is 1. The molecule has 1 fully saturated rings. The van der Waals surface area contributed by atoms with Gasteiger partial charge in [-0.3, -0.25) is 4.79 Å². The average molecular weight is 303 g/mol. The third kappa shape index (κ3) is 2.77. The maximum Gasteiger partial charge on any atom is 0.225 e. The normalized spacial score (nSPS) is 25.5. The maximum absolute atomic E-state index is 12.5. The molecule has 1 aromatic carbocycles. The van der Waals surface area contributed by atoms with Gasteiger partial charge < -0.3 is 14.7 Å². The second kappa shape index (κ2) is 6.01. The molecule has 1 spiro atoms. The van der Waals surface area contributed by atoms with Crippen LogP contribution in [-0.4, -0.2) is 41.7 Å². The van der Waals surface area contributed by atoms with Crippen LogP contribution in [0.3, 0.4) is 0 Å². The Labute approximate surface area is 132 Å². The summed E-state index contributed by atoms with van der Waals surface area (Å²) in [5.74, 6) is 0.138. The molecular weight excluding hydrogens is 278 g/mol. The van der Waals surface area contributed by atoms with E-state index < -0.39 is 6.10 Å². The van der Waals surface area contributed by atoms with Gasteiger partial charge in [0.25, 0.3) is 0 Å². The number of benzene rings is 1. The number of ether oxygens (including phenoxy) is 1. The summed E-state index contributed by atoms with van der Waals surface area (Å²) in [4.78, 5) is 14.3. The fraction of sp³-hybridized carbons (Fsp3) is 0.611. The van der Waals surface area contributed by atoms with E-state index in [1.54, 1.807) is 0 Å². The van der Waals surface area contributed by atoms with Gasteiger partial charge in [-0.15, -0.1) is 0 Å². The molecule has 1 N–H and O–H groups in total. The summed E-state index contributed by atoms with van der Waals surface area (Å²) in [5, 5.41) is 9.96. The zero-order valence-electron chi connectivity index (χ0n) is 13.4. The molecule has 1 heterocycles. The van der Waals surface area contributed by atoms with Gasteiger partial charge in [0, 0.05) is 6.54 Å². The van der Waals surface area contributed by atoms with Crippen LogP contribution in [0.15, 0.2) is 24.3 Å².